The Balaban J connectivity index is 0.858. The van der Waals surface area contributed by atoms with Crippen LogP contribution in [0, 0.1) is 6.92 Å². The number of para-hydroxylation sites is 1. The molecular weight excluding hydrogens is 749 g/mol. The molecule has 0 unspecified atom stereocenters. The number of hydrogen-bond donors (Lipinski definition) is 0. The van der Waals surface area contributed by atoms with E-state index in [9.17, 15) is 0 Å². The minimum absolute atomic E-state index is 0.869. The van der Waals surface area contributed by atoms with E-state index in [1.165, 1.54) is 104 Å². The first-order valence-corrected chi connectivity index (χ1v) is 21.7. The summed E-state index contributed by atoms with van der Waals surface area (Å²) in [7, 11) is 0. The normalized spacial score (nSPS) is 11.8. The molecule has 0 aliphatic heterocycles. The minimum atomic E-state index is 0.869. The molecule has 0 amide bonds. The van der Waals surface area contributed by atoms with E-state index in [0.29, 0.717) is 0 Å². The number of rotatable bonds is 6. The fourth-order valence-corrected chi connectivity index (χ4v) is 9.96. The number of hydrogen-bond acceptors (Lipinski definition) is 1. The second-order valence-electron chi connectivity index (χ2n) is 16.7. The minimum Gasteiger partial charge on any atom is -0.296 e. The molecule has 2 heteroatoms. The standard InChI is InChI=1S/C60H42N2/c1-3-57-61-55-37-49(31-33-56(55)62(57)51-14-5-4-6-15-51)40-20-18-39(19-21-40)44-25-26-46-35-47(28-27-45(46)34-44)48-30-32-52-50(36-48)29-24-42-12-8-16-53(59(42)52)54-17-9-13-43-23-22-41-11-7-10-38(2)58(41)60(43)54/h4-37H,3H2,1-2H3. The highest BCUT2D eigenvalue weighted by Gasteiger charge is 2.16. The molecule has 0 aliphatic rings. The van der Waals surface area contributed by atoms with Crippen LogP contribution in [0.1, 0.15) is 18.3 Å². The highest BCUT2D eigenvalue weighted by atomic mass is 15.1. The Morgan fingerprint density at radius 1 is 0.387 bits per heavy atom. The van der Waals surface area contributed by atoms with Crippen molar-refractivity contribution in [2.45, 2.75) is 20.3 Å². The molecule has 292 valence electrons. The van der Waals surface area contributed by atoms with Gasteiger partial charge in [0.15, 0.2) is 0 Å². The zero-order chi connectivity index (χ0) is 41.3. The van der Waals surface area contributed by atoms with Crippen molar-refractivity contribution in [1.82, 2.24) is 9.55 Å². The van der Waals surface area contributed by atoms with Crippen molar-refractivity contribution in [3.8, 4) is 50.2 Å². The second kappa shape index (κ2) is 14.4. The number of fused-ring (bicyclic) bond motifs is 8. The zero-order valence-corrected chi connectivity index (χ0v) is 34.7. The molecule has 1 aromatic heterocycles. The van der Waals surface area contributed by atoms with Gasteiger partial charge in [-0.25, -0.2) is 4.98 Å². The molecular formula is C60H42N2. The molecule has 0 saturated carbocycles. The van der Waals surface area contributed by atoms with Gasteiger partial charge in [0.25, 0.3) is 0 Å². The van der Waals surface area contributed by atoms with Crippen molar-refractivity contribution in [3.05, 3.63) is 218 Å². The smallest absolute Gasteiger partial charge is 0.114 e. The predicted molar refractivity (Wildman–Crippen MR) is 264 cm³/mol. The number of nitrogens with zero attached hydrogens (tertiary/aromatic N) is 2. The van der Waals surface area contributed by atoms with Crippen LogP contribution in [0.25, 0.3) is 115 Å². The predicted octanol–water partition coefficient (Wildman–Crippen LogP) is 16.3. The van der Waals surface area contributed by atoms with E-state index >= 15 is 0 Å². The molecule has 0 atom stereocenters. The first-order chi connectivity index (χ1) is 30.6. The third kappa shape index (κ3) is 5.90. The van der Waals surface area contributed by atoms with Crippen LogP contribution >= 0.6 is 0 Å². The van der Waals surface area contributed by atoms with E-state index < -0.39 is 0 Å². The maximum absolute atomic E-state index is 5.03. The Hall–Kier alpha value is -7.81. The van der Waals surface area contributed by atoms with Gasteiger partial charge in [-0.3, -0.25) is 4.57 Å². The number of aromatic nitrogens is 2. The lowest BCUT2D eigenvalue weighted by Gasteiger charge is -2.16. The molecule has 0 fully saturated rings. The van der Waals surface area contributed by atoms with Crippen LogP contribution < -0.4 is 0 Å². The van der Waals surface area contributed by atoms with Crippen LogP contribution in [0.15, 0.2) is 206 Å². The Labute approximate surface area is 361 Å². The summed E-state index contributed by atoms with van der Waals surface area (Å²) in [4.78, 5) is 5.03. The summed E-state index contributed by atoms with van der Waals surface area (Å²) in [5, 5.41) is 12.8. The lowest BCUT2D eigenvalue weighted by Crippen LogP contribution is -1.99. The van der Waals surface area contributed by atoms with Crippen LogP contribution in [-0.4, -0.2) is 9.55 Å². The lowest BCUT2D eigenvalue weighted by atomic mass is 9.88. The van der Waals surface area contributed by atoms with Gasteiger partial charge in [0.1, 0.15) is 5.82 Å². The van der Waals surface area contributed by atoms with E-state index in [1.807, 2.05) is 0 Å². The summed E-state index contributed by atoms with van der Waals surface area (Å²) in [6.45, 7) is 4.40. The monoisotopic (exact) mass is 790 g/mol. The second-order valence-corrected chi connectivity index (χ2v) is 16.7. The van der Waals surface area contributed by atoms with E-state index in [0.717, 1.165) is 29.0 Å². The lowest BCUT2D eigenvalue weighted by molar-refractivity contribution is 0.908. The summed E-state index contributed by atoms with van der Waals surface area (Å²) in [6, 6.07) is 76.0. The quantitative estimate of drug-likeness (QED) is 0.153. The van der Waals surface area contributed by atoms with Crippen LogP contribution in [0.3, 0.4) is 0 Å². The van der Waals surface area contributed by atoms with Gasteiger partial charge in [-0.15, -0.1) is 0 Å². The van der Waals surface area contributed by atoms with Gasteiger partial charge in [-0.05, 0) is 153 Å². The molecule has 62 heavy (non-hydrogen) atoms. The average Bonchev–Trinajstić information content (AvgIpc) is 3.71. The van der Waals surface area contributed by atoms with Gasteiger partial charge in [0.05, 0.1) is 11.0 Å². The molecule has 12 aromatic rings. The maximum atomic E-state index is 5.03. The molecule has 11 aromatic carbocycles. The molecule has 0 aliphatic carbocycles. The Morgan fingerprint density at radius 3 is 1.56 bits per heavy atom. The third-order valence-electron chi connectivity index (χ3n) is 13.0. The average molecular weight is 791 g/mol. The summed E-state index contributed by atoms with van der Waals surface area (Å²) >= 11 is 0. The van der Waals surface area contributed by atoms with Gasteiger partial charge >= 0.3 is 0 Å². The maximum Gasteiger partial charge on any atom is 0.114 e. The molecule has 12 rings (SSSR count). The molecule has 0 N–H and O–H groups in total. The summed E-state index contributed by atoms with van der Waals surface area (Å²) in [5.74, 6) is 1.07. The van der Waals surface area contributed by atoms with Gasteiger partial charge in [-0.2, -0.15) is 0 Å². The summed E-state index contributed by atoms with van der Waals surface area (Å²) < 4.78 is 2.28. The summed E-state index contributed by atoms with van der Waals surface area (Å²) in [5.41, 5.74) is 14.4. The van der Waals surface area contributed by atoms with Gasteiger partial charge in [0, 0.05) is 12.1 Å². The van der Waals surface area contributed by atoms with Crippen LogP contribution in [0.2, 0.25) is 0 Å². The fourth-order valence-electron chi connectivity index (χ4n) is 9.96. The fraction of sp³-hybridized carbons (Fsp3) is 0.0500. The zero-order valence-electron chi connectivity index (χ0n) is 34.7. The largest absolute Gasteiger partial charge is 0.296 e. The summed E-state index contributed by atoms with van der Waals surface area (Å²) in [6.07, 6.45) is 0.869. The highest BCUT2D eigenvalue weighted by Crippen LogP contribution is 2.42. The number of benzene rings is 11. The van der Waals surface area contributed by atoms with Crippen molar-refractivity contribution in [3.63, 3.8) is 0 Å². The van der Waals surface area contributed by atoms with Crippen molar-refractivity contribution < 1.29 is 0 Å². The molecule has 0 radical (unpaired) electrons. The van der Waals surface area contributed by atoms with E-state index in [-0.39, 0.29) is 0 Å². The van der Waals surface area contributed by atoms with Crippen LogP contribution in [0.5, 0.6) is 0 Å². The van der Waals surface area contributed by atoms with Crippen molar-refractivity contribution in [2.24, 2.45) is 0 Å². The first kappa shape index (κ1) is 36.1. The number of imidazole rings is 1. The molecule has 2 nitrogen and oxygen atoms in total. The third-order valence-corrected chi connectivity index (χ3v) is 13.0. The van der Waals surface area contributed by atoms with Crippen LogP contribution in [0.4, 0.5) is 0 Å². The van der Waals surface area contributed by atoms with Gasteiger partial charge in [-0.1, -0.05) is 171 Å². The van der Waals surface area contributed by atoms with Crippen LogP contribution in [-0.2, 0) is 6.42 Å². The SMILES string of the molecule is CCc1nc2cc(-c3ccc(-c4ccc5cc(-c6ccc7c(ccc8cccc(-c9cccc%10ccc%11cccc(C)c%11c9%10)c87)c6)ccc5c4)cc3)ccc2n1-c1ccccc1. The van der Waals surface area contributed by atoms with E-state index in [4.69, 9.17) is 4.98 Å². The molecule has 0 bridgehead atoms. The highest BCUT2D eigenvalue weighted by molar-refractivity contribution is 6.21. The molecule has 1 heterocycles. The van der Waals surface area contributed by atoms with Crippen molar-refractivity contribution in [1.29, 1.82) is 0 Å². The van der Waals surface area contributed by atoms with Crippen molar-refractivity contribution >= 4 is 64.9 Å². The van der Waals surface area contributed by atoms with Crippen molar-refractivity contribution in [2.75, 3.05) is 0 Å². The van der Waals surface area contributed by atoms with E-state index in [1.54, 1.807) is 0 Å². The Kier molecular flexibility index (Phi) is 8.40. The Morgan fingerprint density at radius 2 is 0.887 bits per heavy atom. The first-order valence-electron chi connectivity index (χ1n) is 21.7. The number of aryl methyl sites for hydroxylation is 2. The molecule has 0 spiro atoms. The van der Waals surface area contributed by atoms with Gasteiger partial charge < -0.3 is 0 Å². The van der Waals surface area contributed by atoms with Gasteiger partial charge in [0.2, 0.25) is 0 Å². The Bertz CT molecular complexity index is 3720. The van der Waals surface area contributed by atoms with E-state index in [2.05, 4.69) is 225 Å². The topological polar surface area (TPSA) is 17.8 Å². The molecule has 0 saturated heterocycles.